The minimum Gasteiger partial charge on any atom is -0.423 e. The highest BCUT2D eigenvalue weighted by Gasteiger charge is 2.25. The zero-order chi connectivity index (χ0) is 44.3. The highest BCUT2D eigenvalue weighted by Crippen LogP contribution is 2.40. The lowest BCUT2D eigenvalue weighted by atomic mass is 9.80. The average molecular weight is 850 g/mol. The van der Waals surface area contributed by atoms with Gasteiger partial charge in [0.2, 0.25) is 0 Å². The van der Waals surface area contributed by atoms with Gasteiger partial charge in [0.05, 0.1) is 0 Å². The lowest BCUT2D eigenvalue weighted by Crippen LogP contribution is -2.16. The Bertz CT molecular complexity index is 1070. The van der Waals surface area contributed by atoms with Crippen molar-refractivity contribution in [3.63, 3.8) is 0 Å². The van der Waals surface area contributed by atoms with Crippen LogP contribution in [0, 0.1) is 0 Å². The van der Waals surface area contributed by atoms with Crippen molar-refractivity contribution in [2.75, 3.05) is 0 Å². The first-order valence-electron chi connectivity index (χ1n) is 28.1. The number of hydrogen-bond donors (Lipinski definition) is 0. The molecule has 2 heteroatoms. The lowest BCUT2D eigenvalue weighted by Gasteiger charge is -2.27. The van der Waals surface area contributed by atoms with Crippen LogP contribution < -0.4 is 4.74 Å². The van der Waals surface area contributed by atoms with E-state index in [1.165, 1.54) is 280 Å². The Kier molecular flexibility index (Phi) is 41.1. The van der Waals surface area contributed by atoms with Gasteiger partial charge in [-0.1, -0.05) is 266 Å². The summed E-state index contributed by atoms with van der Waals surface area (Å²) in [4.78, 5) is 13.4. The molecule has 0 radical (unpaired) electrons. The summed E-state index contributed by atoms with van der Waals surface area (Å²) in [7, 11) is 0. The molecule has 0 amide bonds. The molecule has 0 aromatic heterocycles. The van der Waals surface area contributed by atoms with Crippen molar-refractivity contribution in [3.05, 3.63) is 40.5 Å². The second-order valence-electron chi connectivity index (χ2n) is 19.5. The molecule has 0 atom stereocenters. The fourth-order valence-corrected chi connectivity index (χ4v) is 9.88. The maximum atomic E-state index is 13.4. The van der Waals surface area contributed by atoms with E-state index in [4.69, 9.17) is 4.74 Å². The first kappa shape index (κ1) is 57.4. The molecule has 2 nitrogen and oxygen atoms in total. The fraction of sp³-hybridized carbons (Fsp3) is 0.847. The standard InChI is InChI=1S/C59H108O2/c1-7-13-18-23-28-33-38-43-48-53-54(49-44-39-34-29-24-19-14-8-2)56(51-46-41-36-31-26-21-16-10-4)59(61-58(60)12-6)57(52-47-42-37-32-27-22-17-11-5)55(53)50-45-40-35-30-25-20-15-9-3/h12H,6-11,13-52H2,1-5H3. The number of benzene rings is 1. The predicted molar refractivity (Wildman–Crippen MR) is 274 cm³/mol. The largest absolute Gasteiger partial charge is 0.423 e. The van der Waals surface area contributed by atoms with Crippen molar-refractivity contribution in [3.8, 4) is 5.75 Å². The Morgan fingerprint density at radius 3 is 0.705 bits per heavy atom. The molecule has 0 aliphatic heterocycles. The zero-order valence-electron chi connectivity index (χ0n) is 42.4. The van der Waals surface area contributed by atoms with Crippen LogP contribution in [0.2, 0.25) is 0 Å². The molecule has 0 N–H and O–H groups in total. The highest BCUT2D eigenvalue weighted by molar-refractivity contribution is 5.84. The molecule has 0 fully saturated rings. The topological polar surface area (TPSA) is 26.3 Å². The second-order valence-corrected chi connectivity index (χ2v) is 19.5. The SMILES string of the molecule is C=CC(=O)Oc1c(CCCCCCCCCC)c(CCCCCCCCCC)c(CCCCCCCCCC)c(CCCCCCCCCC)c1CCCCCCCCCC. The highest BCUT2D eigenvalue weighted by atomic mass is 16.5. The molecule has 0 saturated carbocycles. The summed E-state index contributed by atoms with van der Waals surface area (Å²) < 4.78 is 6.60. The molecule has 1 aromatic carbocycles. The summed E-state index contributed by atoms with van der Waals surface area (Å²) in [5.74, 6) is 0.723. The van der Waals surface area contributed by atoms with E-state index in [2.05, 4.69) is 41.2 Å². The number of carbonyl (C=O) groups is 1. The monoisotopic (exact) mass is 849 g/mol. The molecule has 0 heterocycles. The van der Waals surface area contributed by atoms with E-state index in [1.54, 1.807) is 16.7 Å². The third-order valence-electron chi connectivity index (χ3n) is 13.8. The number of esters is 1. The van der Waals surface area contributed by atoms with Gasteiger partial charge in [0.15, 0.2) is 0 Å². The van der Waals surface area contributed by atoms with Gasteiger partial charge in [-0.2, -0.15) is 0 Å². The van der Waals surface area contributed by atoms with E-state index < -0.39 is 0 Å². The lowest BCUT2D eigenvalue weighted by molar-refractivity contribution is -0.129. The van der Waals surface area contributed by atoms with Gasteiger partial charge in [-0.15, -0.1) is 0 Å². The number of hydrogen-bond acceptors (Lipinski definition) is 2. The van der Waals surface area contributed by atoms with E-state index in [0.717, 1.165) is 31.4 Å². The maximum absolute atomic E-state index is 13.4. The minimum absolute atomic E-state index is 0.263. The Hall–Kier alpha value is -1.57. The van der Waals surface area contributed by atoms with Crippen molar-refractivity contribution in [2.45, 2.75) is 324 Å². The van der Waals surface area contributed by atoms with Crippen molar-refractivity contribution < 1.29 is 9.53 Å². The van der Waals surface area contributed by atoms with Crippen molar-refractivity contribution >= 4 is 5.97 Å². The van der Waals surface area contributed by atoms with Crippen LogP contribution in [0.1, 0.15) is 319 Å². The second kappa shape index (κ2) is 43.7. The summed E-state index contributed by atoms with van der Waals surface area (Å²) in [6.45, 7) is 15.5. The molecule has 0 saturated heterocycles. The minimum atomic E-state index is -0.263. The molecule has 61 heavy (non-hydrogen) atoms. The fourth-order valence-electron chi connectivity index (χ4n) is 9.88. The first-order valence-corrected chi connectivity index (χ1v) is 28.1. The van der Waals surface area contributed by atoms with Crippen LogP contribution in [-0.4, -0.2) is 5.97 Å². The smallest absolute Gasteiger partial charge is 0.335 e. The normalized spacial score (nSPS) is 11.5. The van der Waals surface area contributed by atoms with Crippen molar-refractivity contribution in [2.24, 2.45) is 0 Å². The summed E-state index contributed by atoms with van der Waals surface area (Å²) >= 11 is 0. The third kappa shape index (κ3) is 30.2. The van der Waals surface area contributed by atoms with Crippen molar-refractivity contribution in [1.29, 1.82) is 0 Å². The van der Waals surface area contributed by atoms with Gasteiger partial charge >= 0.3 is 5.97 Å². The summed E-state index contributed by atoms with van der Waals surface area (Å²) in [5.41, 5.74) is 7.77. The Morgan fingerprint density at radius 1 is 0.311 bits per heavy atom. The van der Waals surface area contributed by atoms with Gasteiger partial charge in [-0.05, 0) is 92.0 Å². The molecule has 0 aliphatic carbocycles. The summed E-state index contributed by atoms with van der Waals surface area (Å²) in [5, 5.41) is 0. The zero-order valence-corrected chi connectivity index (χ0v) is 42.4. The van der Waals surface area contributed by atoms with E-state index in [0.29, 0.717) is 0 Å². The van der Waals surface area contributed by atoms with Crippen molar-refractivity contribution in [1.82, 2.24) is 0 Å². The molecule has 1 aromatic rings. The van der Waals surface area contributed by atoms with E-state index in [9.17, 15) is 4.79 Å². The summed E-state index contributed by atoms with van der Waals surface area (Å²) in [6.07, 6.45) is 60.6. The Balaban J connectivity index is 3.67. The van der Waals surface area contributed by atoms with Gasteiger partial charge in [0.1, 0.15) is 5.75 Å². The molecule has 0 spiro atoms. The van der Waals surface area contributed by atoms with Crippen LogP contribution >= 0.6 is 0 Å². The van der Waals surface area contributed by atoms with Gasteiger partial charge in [0.25, 0.3) is 0 Å². The molecule has 1 rings (SSSR count). The average Bonchev–Trinajstić information content (AvgIpc) is 3.27. The van der Waals surface area contributed by atoms with Crippen LogP contribution in [0.25, 0.3) is 0 Å². The number of rotatable bonds is 47. The van der Waals surface area contributed by atoms with Crippen LogP contribution in [-0.2, 0) is 36.9 Å². The number of ether oxygens (including phenoxy) is 1. The van der Waals surface area contributed by atoms with Gasteiger partial charge < -0.3 is 4.74 Å². The molecule has 0 bridgehead atoms. The van der Waals surface area contributed by atoms with E-state index >= 15 is 0 Å². The number of carbonyl (C=O) groups excluding carboxylic acids is 1. The summed E-state index contributed by atoms with van der Waals surface area (Å²) in [6, 6.07) is 0. The van der Waals surface area contributed by atoms with Crippen LogP contribution in [0.5, 0.6) is 5.75 Å². The quantitative estimate of drug-likeness (QED) is 0.0283. The molecule has 0 unspecified atom stereocenters. The van der Waals surface area contributed by atoms with E-state index in [1.807, 2.05) is 0 Å². The van der Waals surface area contributed by atoms with Gasteiger partial charge in [-0.3, -0.25) is 0 Å². The molecule has 356 valence electrons. The third-order valence-corrected chi connectivity index (χ3v) is 13.8. The first-order chi connectivity index (χ1) is 30.1. The van der Waals surface area contributed by atoms with Gasteiger partial charge in [-0.25, -0.2) is 4.79 Å². The van der Waals surface area contributed by atoms with Crippen LogP contribution in [0.4, 0.5) is 0 Å². The van der Waals surface area contributed by atoms with Crippen LogP contribution in [0.15, 0.2) is 12.7 Å². The Labute approximate surface area is 383 Å². The molecule has 0 aliphatic rings. The van der Waals surface area contributed by atoms with E-state index in [-0.39, 0.29) is 5.97 Å². The van der Waals surface area contributed by atoms with Gasteiger partial charge in [0, 0.05) is 6.08 Å². The molecular weight excluding hydrogens is 741 g/mol. The Morgan fingerprint density at radius 2 is 0.492 bits per heavy atom. The molecular formula is C59H108O2. The number of unbranched alkanes of at least 4 members (excludes halogenated alkanes) is 35. The maximum Gasteiger partial charge on any atom is 0.335 e. The van der Waals surface area contributed by atoms with Crippen LogP contribution in [0.3, 0.4) is 0 Å². The predicted octanol–water partition coefficient (Wildman–Crippen LogP) is 20.2.